The molecule has 4 amide bonds. The molecule has 0 unspecified atom stereocenters. The summed E-state index contributed by atoms with van der Waals surface area (Å²) in [5, 5.41) is 10.9. The lowest BCUT2D eigenvalue weighted by atomic mass is 10.1. The first kappa shape index (κ1) is 18.9. The SMILES string of the molecule is CCc1ccc(N2C(=O)NC(=O)/C(=C/c3ccccc3OCC#N)C2=O)cc1. The molecule has 0 atom stereocenters. The Bertz CT molecular complexity index is 1000. The number of carbonyl (C=O) groups excluding carboxylic acids is 3. The summed E-state index contributed by atoms with van der Waals surface area (Å²) in [6.45, 7) is 1.83. The summed E-state index contributed by atoms with van der Waals surface area (Å²) < 4.78 is 5.33. The van der Waals surface area contributed by atoms with Crippen molar-refractivity contribution in [3.8, 4) is 11.8 Å². The van der Waals surface area contributed by atoms with Gasteiger partial charge in [-0.05, 0) is 36.3 Å². The minimum atomic E-state index is -0.801. The Morgan fingerprint density at radius 2 is 1.82 bits per heavy atom. The molecule has 0 bridgehead atoms. The highest BCUT2D eigenvalue weighted by Crippen LogP contribution is 2.25. The number of aryl methyl sites for hydroxylation is 1. The molecule has 2 aromatic rings. The Morgan fingerprint density at radius 3 is 2.50 bits per heavy atom. The minimum Gasteiger partial charge on any atom is -0.478 e. The number of urea groups is 1. The van der Waals surface area contributed by atoms with Gasteiger partial charge in [0, 0.05) is 5.56 Å². The van der Waals surface area contributed by atoms with Crippen molar-refractivity contribution in [3.63, 3.8) is 0 Å². The molecule has 0 aromatic heterocycles. The van der Waals surface area contributed by atoms with E-state index in [1.54, 1.807) is 36.4 Å². The fourth-order valence-electron chi connectivity index (χ4n) is 2.77. The third-order valence-corrected chi connectivity index (χ3v) is 4.22. The van der Waals surface area contributed by atoms with E-state index in [1.807, 2.05) is 25.1 Å². The van der Waals surface area contributed by atoms with Crippen molar-refractivity contribution in [2.75, 3.05) is 11.5 Å². The van der Waals surface area contributed by atoms with E-state index in [0.29, 0.717) is 17.0 Å². The summed E-state index contributed by atoms with van der Waals surface area (Å²) in [4.78, 5) is 38.4. The van der Waals surface area contributed by atoms with Crippen molar-refractivity contribution in [3.05, 3.63) is 65.2 Å². The topological polar surface area (TPSA) is 99.5 Å². The standard InChI is InChI=1S/C21H17N3O4/c1-2-14-7-9-16(10-8-14)24-20(26)17(19(25)23-21(24)27)13-15-5-3-4-6-18(15)28-12-11-22/h3-10,13H,2,12H2,1H3,(H,23,25,27)/b17-13-. The van der Waals surface area contributed by atoms with Gasteiger partial charge in [0.2, 0.25) is 0 Å². The first-order chi connectivity index (χ1) is 13.5. The summed E-state index contributed by atoms with van der Waals surface area (Å²) in [6, 6.07) is 14.7. The smallest absolute Gasteiger partial charge is 0.335 e. The molecule has 28 heavy (non-hydrogen) atoms. The number of benzene rings is 2. The molecule has 0 aliphatic carbocycles. The minimum absolute atomic E-state index is 0.172. The Morgan fingerprint density at radius 1 is 1.11 bits per heavy atom. The van der Waals surface area contributed by atoms with Crippen LogP contribution in [0.15, 0.2) is 54.1 Å². The zero-order valence-corrected chi connectivity index (χ0v) is 15.1. The number of ether oxygens (including phenoxy) is 1. The second kappa shape index (κ2) is 8.18. The van der Waals surface area contributed by atoms with Gasteiger partial charge in [-0.2, -0.15) is 5.26 Å². The predicted molar refractivity (Wildman–Crippen MR) is 102 cm³/mol. The van der Waals surface area contributed by atoms with Gasteiger partial charge in [0.1, 0.15) is 17.4 Å². The normalized spacial score (nSPS) is 15.4. The summed E-state index contributed by atoms with van der Waals surface area (Å²) in [6.07, 6.45) is 2.17. The van der Waals surface area contributed by atoms with E-state index in [0.717, 1.165) is 16.9 Å². The first-order valence-corrected chi connectivity index (χ1v) is 8.64. The highest BCUT2D eigenvalue weighted by Gasteiger charge is 2.36. The van der Waals surface area contributed by atoms with Gasteiger partial charge in [-0.25, -0.2) is 9.69 Å². The third kappa shape index (κ3) is 3.76. The van der Waals surface area contributed by atoms with Crippen molar-refractivity contribution in [1.82, 2.24) is 5.32 Å². The molecular weight excluding hydrogens is 358 g/mol. The molecule has 7 nitrogen and oxygen atoms in total. The average molecular weight is 375 g/mol. The van der Waals surface area contributed by atoms with Crippen LogP contribution in [0.3, 0.4) is 0 Å². The number of rotatable bonds is 5. The van der Waals surface area contributed by atoms with E-state index in [1.165, 1.54) is 6.08 Å². The van der Waals surface area contributed by atoms with Crippen LogP contribution in [0.25, 0.3) is 6.08 Å². The lowest BCUT2D eigenvalue weighted by molar-refractivity contribution is -0.122. The van der Waals surface area contributed by atoms with E-state index < -0.39 is 17.8 Å². The van der Waals surface area contributed by atoms with Crippen LogP contribution < -0.4 is 15.0 Å². The molecule has 2 aromatic carbocycles. The van der Waals surface area contributed by atoms with Crippen LogP contribution >= 0.6 is 0 Å². The van der Waals surface area contributed by atoms with Gasteiger partial charge < -0.3 is 4.74 Å². The number of amides is 4. The fourth-order valence-corrected chi connectivity index (χ4v) is 2.77. The lowest BCUT2D eigenvalue weighted by Gasteiger charge is -2.26. The van der Waals surface area contributed by atoms with Crippen LogP contribution in [0.2, 0.25) is 0 Å². The summed E-state index contributed by atoms with van der Waals surface area (Å²) in [5.74, 6) is -1.16. The van der Waals surface area contributed by atoms with Gasteiger partial charge in [0.05, 0.1) is 5.69 Å². The molecule has 0 saturated carbocycles. The number of nitrogens with one attached hydrogen (secondary N) is 1. The molecule has 1 heterocycles. The number of nitrogens with zero attached hydrogens (tertiary/aromatic N) is 2. The van der Waals surface area contributed by atoms with Gasteiger partial charge in [-0.15, -0.1) is 0 Å². The number of barbiturate groups is 1. The van der Waals surface area contributed by atoms with Gasteiger partial charge in [-0.1, -0.05) is 37.3 Å². The zero-order chi connectivity index (χ0) is 20.1. The van der Waals surface area contributed by atoms with E-state index in [4.69, 9.17) is 10.00 Å². The largest absolute Gasteiger partial charge is 0.478 e. The van der Waals surface area contributed by atoms with Crippen molar-refractivity contribution < 1.29 is 19.1 Å². The number of nitriles is 1. The van der Waals surface area contributed by atoms with Crippen LogP contribution in [-0.4, -0.2) is 24.5 Å². The van der Waals surface area contributed by atoms with Crippen molar-refractivity contribution in [2.45, 2.75) is 13.3 Å². The number of hydrogen-bond donors (Lipinski definition) is 1. The maximum atomic E-state index is 12.9. The van der Waals surface area contributed by atoms with Crippen LogP contribution in [0.5, 0.6) is 5.75 Å². The highest BCUT2D eigenvalue weighted by atomic mass is 16.5. The summed E-state index contributed by atoms with van der Waals surface area (Å²) >= 11 is 0. The summed E-state index contributed by atoms with van der Waals surface area (Å²) in [5.41, 5.74) is 1.68. The molecule has 0 radical (unpaired) electrons. The van der Waals surface area contributed by atoms with E-state index in [9.17, 15) is 14.4 Å². The quantitative estimate of drug-likeness (QED) is 0.640. The maximum Gasteiger partial charge on any atom is 0.335 e. The molecule has 1 N–H and O–H groups in total. The van der Waals surface area contributed by atoms with Crippen LogP contribution in [0.4, 0.5) is 10.5 Å². The molecule has 1 fully saturated rings. The molecule has 7 heteroatoms. The van der Waals surface area contributed by atoms with Gasteiger partial charge >= 0.3 is 6.03 Å². The number of hydrogen-bond acceptors (Lipinski definition) is 5. The van der Waals surface area contributed by atoms with E-state index in [2.05, 4.69) is 5.32 Å². The Kier molecular flexibility index (Phi) is 5.51. The molecule has 1 aliphatic heterocycles. The predicted octanol–water partition coefficient (Wildman–Crippen LogP) is 2.82. The van der Waals surface area contributed by atoms with E-state index in [-0.39, 0.29) is 12.2 Å². The lowest BCUT2D eigenvalue weighted by Crippen LogP contribution is -2.54. The monoisotopic (exact) mass is 375 g/mol. The van der Waals surface area contributed by atoms with Crippen molar-refractivity contribution >= 4 is 29.6 Å². The maximum absolute atomic E-state index is 12.9. The van der Waals surface area contributed by atoms with Crippen LogP contribution in [0.1, 0.15) is 18.1 Å². The van der Waals surface area contributed by atoms with Crippen molar-refractivity contribution in [1.29, 1.82) is 5.26 Å². The number of carbonyl (C=O) groups is 3. The van der Waals surface area contributed by atoms with Gasteiger partial charge in [0.25, 0.3) is 11.8 Å². The first-order valence-electron chi connectivity index (χ1n) is 8.64. The zero-order valence-electron chi connectivity index (χ0n) is 15.1. The Balaban J connectivity index is 1.98. The summed E-state index contributed by atoms with van der Waals surface area (Å²) in [7, 11) is 0. The number of imide groups is 2. The van der Waals surface area contributed by atoms with Crippen LogP contribution in [0, 0.1) is 11.3 Å². The van der Waals surface area contributed by atoms with Crippen LogP contribution in [-0.2, 0) is 16.0 Å². The van der Waals surface area contributed by atoms with Gasteiger partial charge in [-0.3, -0.25) is 14.9 Å². The second-order valence-corrected chi connectivity index (χ2v) is 5.96. The third-order valence-electron chi connectivity index (χ3n) is 4.22. The van der Waals surface area contributed by atoms with Crippen molar-refractivity contribution in [2.24, 2.45) is 0 Å². The second-order valence-electron chi connectivity index (χ2n) is 5.96. The molecule has 140 valence electrons. The fraction of sp³-hybridized carbons (Fsp3) is 0.143. The number of para-hydroxylation sites is 1. The van der Waals surface area contributed by atoms with Gasteiger partial charge in [0.15, 0.2) is 6.61 Å². The molecule has 1 aliphatic rings. The Hall–Kier alpha value is -3.92. The molecule has 3 rings (SSSR count). The number of anilines is 1. The average Bonchev–Trinajstić information content (AvgIpc) is 2.70. The molecule has 1 saturated heterocycles. The molecule has 0 spiro atoms. The highest BCUT2D eigenvalue weighted by molar-refractivity contribution is 6.39. The molecular formula is C21H17N3O4. The van der Waals surface area contributed by atoms with E-state index >= 15 is 0 Å². The Labute approximate surface area is 161 Å².